The lowest BCUT2D eigenvalue weighted by molar-refractivity contribution is -0.273. The second-order valence-electron chi connectivity index (χ2n) is 5.33. The van der Waals surface area contributed by atoms with Gasteiger partial charge in [0.1, 0.15) is 36.7 Å². The molecule has 0 aromatic carbocycles. The standard InChI is InChI=1S/C13H25NO10S/c1-25-14-12-9(20)8(19)11(6(4-16)23-12)24-13(22)10(21)7(18)5(17)2-3-15/h5-6,8-9,11-22H,2-4H2,1H3/b10-7-. The fourth-order valence-corrected chi connectivity index (χ4v) is 2.67. The van der Waals surface area contributed by atoms with E-state index in [1.807, 2.05) is 0 Å². The molecule has 11 nitrogen and oxygen atoms in total. The smallest absolute Gasteiger partial charge is 0.218 e. The van der Waals surface area contributed by atoms with Gasteiger partial charge in [0.05, 0.1) is 6.61 Å². The normalized spacial score (nSPS) is 33.6. The predicted octanol–water partition coefficient (Wildman–Crippen LogP) is -2.93. The zero-order valence-electron chi connectivity index (χ0n) is 13.5. The van der Waals surface area contributed by atoms with Crippen molar-refractivity contribution in [3.63, 3.8) is 0 Å². The molecule has 0 aromatic rings. The molecule has 0 radical (unpaired) electrons. The summed E-state index contributed by atoms with van der Waals surface area (Å²) in [5.74, 6) is -2.15. The first kappa shape index (κ1) is 22.4. The molecule has 148 valence electrons. The summed E-state index contributed by atoms with van der Waals surface area (Å²) in [6.07, 6.45) is -9.12. The van der Waals surface area contributed by atoms with E-state index in [4.69, 9.17) is 14.6 Å². The summed E-state index contributed by atoms with van der Waals surface area (Å²) in [4.78, 5) is 0. The predicted molar refractivity (Wildman–Crippen MR) is 85.3 cm³/mol. The van der Waals surface area contributed by atoms with Crippen LogP contribution in [0.4, 0.5) is 0 Å². The highest BCUT2D eigenvalue weighted by Crippen LogP contribution is 2.25. The molecule has 7 unspecified atom stereocenters. The highest BCUT2D eigenvalue weighted by Gasteiger charge is 2.46. The summed E-state index contributed by atoms with van der Waals surface area (Å²) in [5, 5.41) is 76.8. The molecule has 7 atom stereocenters. The van der Waals surface area contributed by atoms with Crippen LogP contribution in [0.15, 0.2) is 11.5 Å². The molecule has 12 heteroatoms. The summed E-state index contributed by atoms with van der Waals surface area (Å²) in [6, 6.07) is 0. The van der Waals surface area contributed by atoms with Gasteiger partial charge in [-0.2, -0.15) is 0 Å². The Kier molecular flexibility index (Phi) is 9.37. The van der Waals surface area contributed by atoms with Crippen molar-refractivity contribution in [3.05, 3.63) is 11.5 Å². The van der Waals surface area contributed by atoms with Crippen LogP contribution in [0.1, 0.15) is 6.42 Å². The molecule has 1 fully saturated rings. The van der Waals surface area contributed by atoms with Crippen LogP contribution < -0.4 is 4.72 Å². The molecule has 1 aliphatic rings. The first-order valence-corrected chi connectivity index (χ1v) is 8.66. The molecule has 0 aliphatic carbocycles. The summed E-state index contributed by atoms with van der Waals surface area (Å²) in [6.45, 7) is -1.11. The van der Waals surface area contributed by atoms with E-state index >= 15 is 0 Å². The molecule has 9 N–H and O–H groups in total. The second-order valence-corrected chi connectivity index (χ2v) is 5.98. The quantitative estimate of drug-likeness (QED) is 0.111. The first-order chi connectivity index (χ1) is 11.8. The first-order valence-electron chi connectivity index (χ1n) is 7.43. The molecule has 0 aromatic heterocycles. The lowest BCUT2D eigenvalue weighted by Crippen LogP contribution is -2.62. The third kappa shape index (κ3) is 5.65. The summed E-state index contributed by atoms with van der Waals surface area (Å²) >= 11 is 1.11. The fraction of sp³-hybridized carbons (Fsp3) is 0.846. The van der Waals surface area contributed by atoms with Crippen LogP contribution in [0.2, 0.25) is 0 Å². The molecule has 0 saturated carbocycles. The highest BCUT2D eigenvalue weighted by molar-refractivity contribution is 7.96. The van der Waals surface area contributed by atoms with Gasteiger partial charge in [-0.25, -0.2) is 4.72 Å². The van der Waals surface area contributed by atoms with Crippen molar-refractivity contribution >= 4 is 11.9 Å². The van der Waals surface area contributed by atoms with Crippen molar-refractivity contribution in [2.45, 2.75) is 49.5 Å². The van der Waals surface area contributed by atoms with Gasteiger partial charge in [0.2, 0.25) is 6.29 Å². The maximum atomic E-state index is 10.1. The Morgan fingerprint density at radius 2 is 1.80 bits per heavy atom. The number of ether oxygens (including phenoxy) is 2. The molecule has 0 amide bonds. The maximum absolute atomic E-state index is 10.1. The van der Waals surface area contributed by atoms with Crippen LogP contribution in [-0.2, 0) is 9.47 Å². The van der Waals surface area contributed by atoms with Gasteiger partial charge in [0, 0.05) is 13.0 Å². The van der Waals surface area contributed by atoms with E-state index in [9.17, 15) is 35.7 Å². The fourth-order valence-electron chi connectivity index (χ4n) is 2.24. The van der Waals surface area contributed by atoms with Crippen molar-refractivity contribution in [2.24, 2.45) is 0 Å². The number of aliphatic hydroxyl groups is 8. The van der Waals surface area contributed by atoms with Crippen LogP contribution in [0.25, 0.3) is 0 Å². The van der Waals surface area contributed by atoms with Crippen molar-refractivity contribution in [1.29, 1.82) is 0 Å². The minimum absolute atomic E-state index is 0.294. The molecular weight excluding hydrogens is 362 g/mol. The second kappa shape index (κ2) is 10.5. The van der Waals surface area contributed by atoms with Gasteiger partial charge in [0.25, 0.3) is 0 Å². The van der Waals surface area contributed by atoms with Crippen molar-refractivity contribution < 1.29 is 50.3 Å². The van der Waals surface area contributed by atoms with Crippen molar-refractivity contribution in [2.75, 3.05) is 19.5 Å². The summed E-state index contributed by atoms with van der Waals surface area (Å²) < 4.78 is 13.0. The Hall–Kier alpha value is -0.670. The number of hydrogen-bond acceptors (Lipinski definition) is 12. The Morgan fingerprint density at radius 1 is 1.16 bits per heavy atom. The third-order valence-corrected chi connectivity index (χ3v) is 4.07. The topological polar surface area (TPSA) is 192 Å². The van der Waals surface area contributed by atoms with E-state index in [1.54, 1.807) is 6.26 Å². The molecule has 1 heterocycles. The maximum Gasteiger partial charge on any atom is 0.218 e. The molecule has 0 bridgehead atoms. The number of nitrogens with one attached hydrogen (secondary N) is 1. The zero-order valence-corrected chi connectivity index (χ0v) is 14.3. The van der Waals surface area contributed by atoms with Crippen molar-refractivity contribution in [3.8, 4) is 0 Å². The van der Waals surface area contributed by atoms with E-state index < -0.39 is 67.8 Å². The van der Waals surface area contributed by atoms with E-state index in [1.165, 1.54) is 0 Å². The third-order valence-electron chi connectivity index (χ3n) is 3.60. The van der Waals surface area contributed by atoms with Crippen LogP contribution in [0.5, 0.6) is 0 Å². The van der Waals surface area contributed by atoms with Gasteiger partial charge in [-0.15, -0.1) is 0 Å². The minimum atomic E-state index is -2.18. The van der Waals surface area contributed by atoms with E-state index in [-0.39, 0.29) is 6.42 Å². The Labute approximate surface area is 148 Å². The van der Waals surface area contributed by atoms with Crippen LogP contribution in [0, 0.1) is 0 Å². The number of rotatable bonds is 9. The Bertz CT molecular complexity index is 437. The van der Waals surface area contributed by atoms with E-state index in [2.05, 4.69) is 4.72 Å². The molecule has 1 aliphatic heterocycles. The largest absolute Gasteiger partial charge is 0.506 e. The average Bonchev–Trinajstić information content (AvgIpc) is 2.60. The van der Waals surface area contributed by atoms with Gasteiger partial charge in [-0.3, -0.25) is 0 Å². The molecule has 25 heavy (non-hydrogen) atoms. The Morgan fingerprint density at radius 3 is 2.32 bits per heavy atom. The van der Waals surface area contributed by atoms with Crippen molar-refractivity contribution in [1.82, 2.24) is 4.72 Å². The van der Waals surface area contributed by atoms with Gasteiger partial charge in [0.15, 0.2) is 11.5 Å². The minimum Gasteiger partial charge on any atom is -0.506 e. The lowest BCUT2D eigenvalue weighted by Gasteiger charge is -2.42. The average molecular weight is 387 g/mol. The van der Waals surface area contributed by atoms with Gasteiger partial charge >= 0.3 is 0 Å². The van der Waals surface area contributed by atoms with Gasteiger partial charge in [-0.05, 0) is 6.26 Å². The van der Waals surface area contributed by atoms with E-state index in [0.717, 1.165) is 11.9 Å². The van der Waals surface area contributed by atoms with Crippen LogP contribution >= 0.6 is 11.9 Å². The number of hydrogen-bond donors (Lipinski definition) is 9. The highest BCUT2D eigenvalue weighted by atomic mass is 32.2. The van der Waals surface area contributed by atoms with Gasteiger partial charge < -0.3 is 50.3 Å². The SMILES string of the molecule is CSNC1OC(CO)C(OC(O)/C(O)=C(/O)C(O)CCO)C(O)C1O. The lowest BCUT2D eigenvalue weighted by atomic mass is 9.98. The molecule has 1 saturated heterocycles. The molecule has 0 spiro atoms. The summed E-state index contributed by atoms with van der Waals surface area (Å²) in [7, 11) is 0. The molecular formula is C13H25NO10S. The monoisotopic (exact) mass is 387 g/mol. The zero-order chi connectivity index (χ0) is 19.1. The number of aliphatic hydroxyl groups excluding tert-OH is 8. The van der Waals surface area contributed by atoms with E-state index in [0.29, 0.717) is 0 Å². The van der Waals surface area contributed by atoms with Crippen LogP contribution in [-0.4, -0.2) is 103 Å². The van der Waals surface area contributed by atoms with Crippen LogP contribution in [0.3, 0.4) is 0 Å². The molecule has 1 rings (SSSR count). The Balaban J connectivity index is 2.86. The summed E-state index contributed by atoms with van der Waals surface area (Å²) in [5.41, 5.74) is 0. The van der Waals surface area contributed by atoms with Gasteiger partial charge in [-0.1, -0.05) is 11.9 Å².